The molecule has 0 fully saturated rings. The Hall–Kier alpha value is -2.60. The van der Waals surface area contributed by atoms with Gasteiger partial charge in [-0.1, -0.05) is 42.0 Å². The maximum absolute atomic E-state index is 12.3. The van der Waals surface area contributed by atoms with E-state index in [0.29, 0.717) is 12.2 Å². The SMILES string of the molecule is COc1ccc(/C=C/C(=O)c2ccc(C)cc2)cc1COc1ccc(I)cc1. The third-order valence-corrected chi connectivity index (χ3v) is 4.99. The van der Waals surface area contributed by atoms with Crippen molar-refractivity contribution in [2.45, 2.75) is 13.5 Å². The number of hydrogen-bond donors (Lipinski definition) is 0. The first-order chi connectivity index (χ1) is 13.5. The summed E-state index contributed by atoms with van der Waals surface area (Å²) >= 11 is 2.26. The molecule has 3 aromatic rings. The van der Waals surface area contributed by atoms with Crippen LogP contribution in [0.4, 0.5) is 0 Å². The highest BCUT2D eigenvalue weighted by Crippen LogP contribution is 2.23. The van der Waals surface area contributed by atoms with Crippen molar-refractivity contribution < 1.29 is 14.3 Å². The van der Waals surface area contributed by atoms with E-state index in [9.17, 15) is 4.79 Å². The molecule has 0 aliphatic carbocycles. The predicted molar refractivity (Wildman–Crippen MR) is 121 cm³/mol. The third kappa shape index (κ3) is 5.45. The molecule has 0 saturated carbocycles. The van der Waals surface area contributed by atoms with Crippen LogP contribution in [0.3, 0.4) is 0 Å². The van der Waals surface area contributed by atoms with E-state index in [4.69, 9.17) is 9.47 Å². The molecule has 4 heteroatoms. The van der Waals surface area contributed by atoms with E-state index in [0.717, 1.165) is 31.8 Å². The summed E-state index contributed by atoms with van der Waals surface area (Å²) in [4.78, 5) is 12.3. The zero-order chi connectivity index (χ0) is 19.9. The van der Waals surface area contributed by atoms with Crippen LogP contribution in [0, 0.1) is 10.5 Å². The number of ketones is 1. The Morgan fingerprint density at radius 1 is 1.00 bits per heavy atom. The first-order valence-electron chi connectivity index (χ1n) is 8.89. The molecule has 3 aromatic carbocycles. The molecule has 0 saturated heterocycles. The Morgan fingerprint density at radius 2 is 1.71 bits per heavy atom. The Morgan fingerprint density at radius 3 is 2.39 bits per heavy atom. The molecular weight excluding hydrogens is 463 g/mol. The molecule has 0 aliphatic rings. The number of allylic oxidation sites excluding steroid dienone is 1. The average Bonchev–Trinajstić information content (AvgIpc) is 2.72. The summed E-state index contributed by atoms with van der Waals surface area (Å²) in [5.41, 5.74) is 3.65. The van der Waals surface area contributed by atoms with Gasteiger partial charge in [-0.15, -0.1) is 0 Å². The van der Waals surface area contributed by atoms with E-state index in [1.165, 1.54) is 0 Å². The third-order valence-electron chi connectivity index (χ3n) is 4.28. The van der Waals surface area contributed by atoms with Gasteiger partial charge >= 0.3 is 0 Å². The van der Waals surface area contributed by atoms with Crippen LogP contribution in [0.15, 0.2) is 72.8 Å². The lowest BCUT2D eigenvalue weighted by molar-refractivity contribution is 0.104. The van der Waals surface area contributed by atoms with E-state index in [1.54, 1.807) is 13.2 Å². The van der Waals surface area contributed by atoms with Crippen molar-refractivity contribution in [3.63, 3.8) is 0 Å². The molecule has 0 spiro atoms. The van der Waals surface area contributed by atoms with Crippen LogP contribution in [-0.2, 0) is 6.61 Å². The summed E-state index contributed by atoms with van der Waals surface area (Å²) in [6.07, 6.45) is 3.41. The molecule has 0 bridgehead atoms. The average molecular weight is 484 g/mol. The van der Waals surface area contributed by atoms with Crippen molar-refractivity contribution in [3.8, 4) is 11.5 Å². The Bertz CT molecular complexity index is 974. The lowest BCUT2D eigenvalue weighted by atomic mass is 10.1. The van der Waals surface area contributed by atoms with Crippen molar-refractivity contribution >= 4 is 34.5 Å². The minimum atomic E-state index is -0.0208. The first-order valence-corrected chi connectivity index (χ1v) is 9.97. The van der Waals surface area contributed by atoms with Gasteiger partial charge < -0.3 is 9.47 Å². The number of benzene rings is 3. The topological polar surface area (TPSA) is 35.5 Å². The Kier molecular flexibility index (Phi) is 6.87. The minimum absolute atomic E-state index is 0.0208. The number of carbonyl (C=O) groups is 1. The fraction of sp³-hybridized carbons (Fsp3) is 0.125. The second kappa shape index (κ2) is 9.55. The molecule has 142 valence electrons. The van der Waals surface area contributed by atoms with Crippen LogP contribution in [-0.4, -0.2) is 12.9 Å². The summed E-state index contributed by atoms with van der Waals surface area (Å²) in [7, 11) is 1.64. The van der Waals surface area contributed by atoms with Crippen LogP contribution >= 0.6 is 22.6 Å². The maximum Gasteiger partial charge on any atom is 0.185 e. The largest absolute Gasteiger partial charge is 0.496 e. The van der Waals surface area contributed by atoms with Gasteiger partial charge in [-0.2, -0.15) is 0 Å². The zero-order valence-electron chi connectivity index (χ0n) is 15.8. The molecule has 3 rings (SSSR count). The van der Waals surface area contributed by atoms with Crippen molar-refractivity contribution in [1.29, 1.82) is 0 Å². The van der Waals surface area contributed by atoms with Crippen LogP contribution in [0.2, 0.25) is 0 Å². The van der Waals surface area contributed by atoms with Crippen LogP contribution in [0.5, 0.6) is 11.5 Å². The van der Waals surface area contributed by atoms with Gasteiger partial charge in [-0.3, -0.25) is 4.79 Å². The second-order valence-electron chi connectivity index (χ2n) is 6.38. The number of rotatable bonds is 7. The quantitative estimate of drug-likeness (QED) is 0.232. The van der Waals surface area contributed by atoms with Gasteiger partial charge in [-0.25, -0.2) is 0 Å². The zero-order valence-corrected chi connectivity index (χ0v) is 18.0. The normalized spacial score (nSPS) is 10.8. The fourth-order valence-electron chi connectivity index (χ4n) is 2.69. The summed E-state index contributed by atoms with van der Waals surface area (Å²) < 4.78 is 12.5. The predicted octanol–water partition coefficient (Wildman–Crippen LogP) is 6.08. The molecule has 0 radical (unpaired) electrons. The Balaban J connectivity index is 1.73. The van der Waals surface area contributed by atoms with E-state index in [1.807, 2.05) is 79.7 Å². The first kappa shape index (κ1) is 20.1. The highest BCUT2D eigenvalue weighted by molar-refractivity contribution is 14.1. The summed E-state index contributed by atoms with van der Waals surface area (Å²) in [5, 5.41) is 0. The molecule has 0 atom stereocenters. The molecule has 0 amide bonds. The van der Waals surface area contributed by atoms with Gasteiger partial charge in [0.2, 0.25) is 0 Å². The lowest BCUT2D eigenvalue weighted by Gasteiger charge is -2.11. The van der Waals surface area contributed by atoms with Gasteiger partial charge in [0.25, 0.3) is 0 Å². The molecule has 0 aromatic heterocycles. The van der Waals surface area contributed by atoms with Crippen LogP contribution < -0.4 is 9.47 Å². The number of carbonyl (C=O) groups excluding carboxylic acids is 1. The summed E-state index contributed by atoms with van der Waals surface area (Å²) in [6, 6.07) is 21.2. The van der Waals surface area contributed by atoms with Crippen molar-refractivity contribution in [2.75, 3.05) is 7.11 Å². The molecule has 0 aliphatic heterocycles. The monoisotopic (exact) mass is 484 g/mol. The standard InChI is InChI=1S/C24H21IO3/c1-17-3-7-19(8-4-17)23(26)13-5-18-6-14-24(27-2)20(15-18)16-28-22-11-9-21(25)10-12-22/h3-15H,16H2,1-2H3/b13-5+. The smallest absolute Gasteiger partial charge is 0.185 e. The number of hydrogen-bond acceptors (Lipinski definition) is 3. The maximum atomic E-state index is 12.3. The van der Waals surface area contributed by atoms with Crippen molar-refractivity contribution in [1.82, 2.24) is 0 Å². The summed E-state index contributed by atoms with van der Waals surface area (Å²) in [5.74, 6) is 1.54. The van der Waals surface area contributed by atoms with Gasteiger partial charge in [-0.05, 0) is 77.6 Å². The van der Waals surface area contributed by atoms with Gasteiger partial charge in [0.1, 0.15) is 18.1 Å². The molecule has 3 nitrogen and oxygen atoms in total. The number of halogens is 1. The van der Waals surface area contributed by atoms with Crippen molar-refractivity contribution in [2.24, 2.45) is 0 Å². The van der Waals surface area contributed by atoms with Gasteiger partial charge in [0.15, 0.2) is 5.78 Å². The minimum Gasteiger partial charge on any atom is -0.496 e. The van der Waals surface area contributed by atoms with Gasteiger partial charge in [0.05, 0.1) is 7.11 Å². The van der Waals surface area contributed by atoms with E-state index in [-0.39, 0.29) is 5.78 Å². The molecule has 0 N–H and O–H groups in total. The number of methoxy groups -OCH3 is 1. The molecule has 28 heavy (non-hydrogen) atoms. The fourth-order valence-corrected chi connectivity index (χ4v) is 3.05. The highest BCUT2D eigenvalue weighted by atomic mass is 127. The highest BCUT2D eigenvalue weighted by Gasteiger charge is 2.06. The number of ether oxygens (including phenoxy) is 2. The van der Waals surface area contributed by atoms with Crippen LogP contribution in [0.25, 0.3) is 6.08 Å². The van der Waals surface area contributed by atoms with Gasteiger partial charge in [0, 0.05) is 14.7 Å². The van der Waals surface area contributed by atoms with E-state index < -0.39 is 0 Å². The lowest BCUT2D eigenvalue weighted by Crippen LogP contribution is -1.99. The summed E-state index contributed by atoms with van der Waals surface area (Å²) in [6.45, 7) is 2.39. The second-order valence-corrected chi connectivity index (χ2v) is 7.62. The van der Waals surface area contributed by atoms with Crippen LogP contribution in [0.1, 0.15) is 27.0 Å². The number of aryl methyl sites for hydroxylation is 1. The van der Waals surface area contributed by atoms with E-state index in [2.05, 4.69) is 22.6 Å². The molecule has 0 unspecified atom stereocenters. The molecular formula is C24H21IO3. The molecule has 0 heterocycles. The van der Waals surface area contributed by atoms with E-state index >= 15 is 0 Å². The van der Waals surface area contributed by atoms with Crippen molar-refractivity contribution in [3.05, 3.63) is 98.6 Å². The Labute approximate surface area is 179 Å².